The number of hydrogen-bond donors (Lipinski definition) is 1. The molecular weight excluding hydrogens is 222 g/mol. The highest BCUT2D eigenvalue weighted by Crippen LogP contribution is 2.27. The van der Waals surface area contributed by atoms with Crippen LogP contribution in [-0.4, -0.2) is 15.8 Å². The van der Waals surface area contributed by atoms with Crippen LogP contribution in [0.25, 0.3) is 0 Å². The molecule has 0 spiro atoms. The Bertz CT molecular complexity index is 373. The maximum Gasteiger partial charge on any atom is 0.0537 e. The molecule has 2 rings (SSSR count). The number of nitrogens with zero attached hydrogens (tertiary/aromatic N) is 2. The average molecular weight is 249 g/mol. The summed E-state index contributed by atoms with van der Waals surface area (Å²) < 4.78 is 2.27. The van der Waals surface area contributed by atoms with E-state index in [-0.39, 0.29) is 0 Å². The van der Waals surface area contributed by atoms with Gasteiger partial charge in [0, 0.05) is 23.8 Å². The van der Waals surface area contributed by atoms with Gasteiger partial charge in [0.15, 0.2) is 0 Å². The molecule has 1 aliphatic carbocycles. The van der Waals surface area contributed by atoms with Crippen molar-refractivity contribution in [2.24, 2.45) is 0 Å². The second-order valence-corrected chi connectivity index (χ2v) is 5.78. The summed E-state index contributed by atoms with van der Waals surface area (Å²) in [4.78, 5) is 0. The first-order chi connectivity index (χ1) is 8.67. The van der Waals surface area contributed by atoms with Gasteiger partial charge in [-0.2, -0.15) is 5.10 Å². The fourth-order valence-electron chi connectivity index (χ4n) is 2.65. The molecule has 102 valence electrons. The van der Waals surface area contributed by atoms with Crippen molar-refractivity contribution in [2.45, 2.75) is 77.9 Å². The van der Waals surface area contributed by atoms with Crippen molar-refractivity contribution in [3.05, 3.63) is 17.5 Å². The average Bonchev–Trinajstić information content (AvgIpc) is 3.08. The van der Waals surface area contributed by atoms with Crippen molar-refractivity contribution in [2.75, 3.05) is 0 Å². The van der Waals surface area contributed by atoms with Crippen LogP contribution in [0, 0.1) is 0 Å². The maximum atomic E-state index is 4.65. The molecule has 3 nitrogen and oxygen atoms in total. The van der Waals surface area contributed by atoms with Crippen LogP contribution in [0.2, 0.25) is 0 Å². The summed E-state index contributed by atoms with van der Waals surface area (Å²) in [5.41, 5.74) is 2.82. The fourth-order valence-corrected chi connectivity index (χ4v) is 2.65. The molecule has 1 saturated carbocycles. The lowest BCUT2D eigenvalue weighted by atomic mass is 10.0. The largest absolute Gasteiger partial charge is 0.310 e. The van der Waals surface area contributed by atoms with E-state index in [2.05, 4.69) is 49.0 Å². The molecule has 1 aromatic heterocycles. The van der Waals surface area contributed by atoms with Gasteiger partial charge in [0.1, 0.15) is 0 Å². The van der Waals surface area contributed by atoms with Crippen LogP contribution in [0.15, 0.2) is 6.20 Å². The van der Waals surface area contributed by atoms with Gasteiger partial charge >= 0.3 is 0 Å². The van der Waals surface area contributed by atoms with Gasteiger partial charge in [-0.15, -0.1) is 0 Å². The van der Waals surface area contributed by atoms with E-state index in [1.807, 2.05) is 0 Å². The molecule has 0 aromatic carbocycles. The molecule has 0 radical (unpaired) electrons. The van der Waals surface area contributed by atoms with Crippen LogP contribution in [0.3, 0.4) is 0 Å². The third kappa shape index (κ3) is 2.94. The first-order valence-corrected chi connectivity index (χ1v) is 7.47. The molecule has 18 heavy (non-hydrogen) atoms. The van der Waals surface area contributed by atoms with Gasteiger partial charge in [0.05, 0.1) is 12.2 Å². The van der Waals surface area contributed by atoms with E-state index in [0.717, 1.165) is 25.4 Å². The molecule has 0 atom stereocenters. The minimum Gasteiger partial charge on any atom is -0.310 e. The molecular formula is C15H27N3. The van der Waals surface area contributed by atoms with Gasteiger partial charge in [0.25, 0.3) is 0 Å². The Morgan fingerprint density at radius 1 is 1.33 bits per heavy atom. The minimum atomic E-state index is 0.545. The van der Waals surface area contributed by atoms with E-state index < -0.39 is 0 Å². The number of rotatable bonds is 7. The zero-order valence-electron chi connectivity index (χ0n) is 12.2. The van der Waals surface area contributed by atoms with E-state index in [1.165, 1.54) is 24.1 Å². The highest BCUT2D eigenvalue weighted by atomic mass is 15.3. The van der Waals surface area contributed by atoms with Gasteiger partial charge in [-0.05, 0) is 31.6 Å². The molecule has 1 fully saturated rings. The Labute approximate surface area is 111 Å². The summed E-state index contributed by atoms with van der Waals surface area (Å²) in [5, 5.41) is 8.26. The Kier molecular flexibility index (Phi) is 4.44. The summed E-state index contributed by atoms with van der Waals surface area (Å²) in [6, 6.07) is 1.32. The normalized spacial score (nSPS) is 15.9. The first-order valence-electron chi connectivity index (χ1n) is 7.47. The van der Waals surface area contributed by atoms with Crippen LogP contribution in [0.4, 0.5) is 0 Å². The summed E-state index contributed by atoms with van der Waals surface area (Å²) in [6.45, 7) is 10.0. The van der Waals surface area contributed by atoms with Crippen molar-refractivity contribution in [3.63, 3.8) is 0 Å². The highest BCUT2D eigenvalue weighted by molar-refractivity contribution is 5.22. The summed E-state index contributed by atoms with van der Waals surface area (Å²) in [5.74, 6) is 0.545. The number of aromatic nitrogens is 2. The molecule has 0 bridgehead atoms. The SMILES string of the molecule is CCC(CC)n1ncc(CNC2CC2)c1C(C)C. The fraction of sp³-hybridized carbons (Fsp3) is 0.800. The predicted octanol–water partition coefficient (Wildman–Crippen LogP) is 3.62. The molecule has 1 aliphatic rings. The van der Waals surface area contributed by atoms with Gasteiger partial charge in [-0.1, -0.05) is 27.7 Å². The van der Waals surface area contributed by atoms with E-state index in [4.69, 9.17) is 0 Å². The van der Waals surface area contributed by atoms with Crippen molar-refractivity contribution in [3.8, 4) is 0 Å². The van der Waals surface area contributed by atoms with Crippen LogP contribution in [0.1, 0.15) is 76.6 Å². The molecule has 1 N–H and O–H groups in total. The lowest BCUT2D eigenvalue weighted by Crippen LogP contribution is -2.18. The van der Waals surface area contributed by atoms with Gasteiger partial charge in [-0.3, -0.25) is 4.68 Å². The van der Waals surface area contributed by atoms with Crippen LogP contribution >= 0.6 is 0 Å². The van der Waals surface area contributed by atoms with Crippen LogP contribution < -0.4 is 5.32 Å². The maximum absolute atomic E-state index is 4.65. The Balaban J connectivity index is 2.17. The molecule has 0 saturated heterocycles. The predicted molar refractivity (Wildman–Crippen MR) is 75.8 cm³/mol. The quantitative estimate of drug-likeness (QED) is 0.800. The van der Waals surface area contributed by atoms with Crippen LogP contribution in [0.5, 0.6) is 0 Å². The minimum absolute atomic E-state index is 0.545. The second kappa shape index (κ2) is 5.87. The summed E-state index contributed by atoms with van der Waals surface area (Å²) in [7, 11) is 0. The first kappa shape index (κ1) is 13.6. The Morgan fingerprint density at radius 3 is 2.50 bits per heavy atom. The molecule has 0 aliphatic heterocycles. The van der Waals surface area contributed by atoms with Gasteiger partial charge < -0.3 is 5.32 Å². The molecule has 0 amide bonds. The number of hydrogen-bond acceptors (Lipinski definition) is 2. The smallest absolute Gasteiger partial charge is 0.0537 e. The molecule has 1 heterocycles. The van der Waals surface area contributed by atoms with E-state index in [9.17, 15) is 0 Å². The zero-order valence-corrected chi connectivity index (χ0v) is 12.2. The zero-order chi connectivity index (χ0) is 13.1. The Morgan fingerprint density at radius 2 is 2.00 bits per heavy atom. The second-order valence-electron chi connectivity index (χ2n) is 5.78. The third-order valence-electron chi connectivity index (χ3n) is 3.91. The summed E-state index contributed by atoms with van der Waals surface area (Å²) in [6.07, 6.45) is 7.08. The third-order valence-corrected chi connectivity index (χ3v) is 3.91. The lowest BCUT2D eigenvalue weighted by molar-refractivity contribution is 0.407. The standard InChI is InChI=1S/C15H27N3/c1-5-14(6-2)18-15(11(3)4)12(10-17-18)9-16-13-7-8-13/h10-11,13-14,16H,5-9H2,1-4H3. The topological polar surface area (TPSA) is 29.9 Å². The van der Waals surface area contributed by atoms with E-state index in [0.29, 0.717) is 12.0 Å². The van der Waals surface area contributed by atoms with E-state index >= 15 is 0 Å². The molecule has 3 heteroatoms. The molecule has 0 unspecified atom stereocenters. The van der Waals surface area contributed by atoms with Crippen molar-refractivity contribution >= 4 is 0 Å². The van der Waals surface area contributed by atoms with Crippen molar-refractivity contribution in [1.29, 1.82) is 0 Å². The lowest BCUT2D eigenvalue weighted by Gasteiger charge is -2.20. The van der Waals surface area contributed by atoms with Crippen molar-refractivity contribution < 1.29 is 0 Å². The summed E-state index contributed by atoms with van der Waals surface area (Å²) >= 11 is 0. The number of nitrogens with one attached hydrogen (secondary N) is 1. The van der Waals surface area contributed by atoms with Crippen molar-refractivity contribution in [1.82, 2.24) is 15.1 Å². The van der Waals surface area contributed by atoms with Gasteiger partial charge in [-0.25, -0.2) is 0 Å². The Hall–Kier alpha value is -0.830. The van der Waals surface area contributed by atoms with E-state index in [1.54, 1.807) is 0 Å². The van der Waals surface area contributed by atoms with Gasteiger partial charge in [0.2, 0.25) is 0 Å². The molecule has 1 aromatic rings. The monoisotopic (exact) mass is 249 g/mol. The highest BCUT2D eigenvalue weighted by Gasteiger charge is 2.23. The van der Waals surface area contributed by atoms with Crippen LogP contribution in [-0.2, 0) is 6.54 Å².